The number of hydrogen-bond donors (Lipinski definition) is 1. The minimum absolute atomic E-state index is 0.475. The van der Waals surface area contributed by atoms with Gasteiger partial charge in [0.05, 0.1) is 0 Å². The summed E-state index contributed by atoms with van der Waals surface area (Å²) in [5.74, 6) is 0. The largest absolute Gasteiger partial charge is 0.384 e. The molecule has 1 rings (SSSR count). The molecule has 0 bridgehead atoms. The number of azide groups is 1. The highest BCUT2D eigenvalue weighted by molar-refractivity contribution is 5.58. The van der Waals surface area contributed by atoms with Gasteiger partial charge in [-0.2, -0.15) is 0 Å². The van der Waals surface area contributed by atoms with Crippen LogP contribution in [0.5, 0.6) is 0 Å². The number of aryl methyl sites for hydroxylation is 3. The van der Waals surface area contributed by atoms with Crippen LogP contribution < -0.4 is 5.32 Å². The van der Waals surface area contributed by atoms with E-state index in [1.54, 1.807) is 0 Å². The van der Waals surface area contributed by atoms with Gasteiger partial charge in [-0.25, -0.2) is 0 Å². The molecule has 0 atom stereocenters. The Bertz CT molecular complexity index is 369. The standard InChI is InChI=1S/C11H16N4/c1-8-6-9(2)11(10(3)7-8)13-4-5-14-15-12/h6-7,13H,4-5H2,1-3H3. The van der Waals surface area contributed by atoms with Gasteiger partial charge in [0.1, 0.15) is 0 Å². The molecule has 0 radical (unpaired) electrons. The van der Waals surface area contributed by atoms with E-state index < -0.39 is 0 Å². The summed E-state index contributed by atoms with van der Waals surface area (Å²) < 4.78 is 0. The lowest BCUT2D eigenvalue weighted by Gasteiger charge is -2.12. The third-order valence-corrected chi connectivity index (χ3v) is 2.25. The number of rotatable bonds is 4. The zero-order chi connectivity index (χ0) is 11.3. The Morgan fingerprint density at radius 2 is 1.87 bits per heavy atom. The van der Waals surface area contributed by atoms with Gasteiger partial charge in [0.25, 0.3) is 0 Å². The fourth-order valence-electron chi connectivity index (χ4n) is 1.73. The molecule has 0 unspecified atom stereocenters. The maximum atomic E-state index is 8.14. The van der Waals surface area contributed by atoms with Crippen molar-refractivity contribution in [1.82, 2.24) is 0 Å². The van der Waals surface area contributed by atoms with Crippen molar-refractivity contribution in [2.75, 3.05) is 18.4 Å². The van der Waals surface area contributed by atoms with Crippen LogP contribution in [-0.4, -0.2) is 13.1 Å². The summed E-state index contributed by atoms with van der Waals surface area (Å²) in [4.78, 5) is 2.71. The van der Waals surface area contributed by atoms with Gasteiger partial charge >= 0.3 is 0 Å². The highest BCUT2D eigenvalue weighted by Crippen LogP contribution is 2.21. The van der Waals surface area contributed by atoms with Crippen LogP contribution in [-0.2, 0) is 0 Å². The first kappa shape index (κ1) is 11.4. The van der Waals surface area contributed by atoms with Crippen LogP contribution in [0.25, 0.3) is 10.4 Å². The molecule has 0 heterocycles. The third kappa shape index (κ3) is 3.18. The fraction of sp³-hybridized carbons (Fsp3) is 0.455. The first-order valence-electron chi connectivity index (χ1n) is 4.97. The van der Waals surface area contributed by atoms with Crippen molar-refractivity contribution in [3.05, 3.63) is 39.3 Å². The van der Waals surface area contributed by atoms with Gasteiger partial charge in [-0.1, -0.05) is 22.8 Å². The summed E-state index contributed by atoms with van der Waals surface area (Å²) >= 11 is 0. The van der Waals surface area contributed by atoms with E-state index in [0.717, 1.165) is 5.69 Å². The lowest BCUT2D eigenvalue weighted by atomic mass is 10.1. The Balaban J connectivity index is 2.72. The maximum Gasteiger partial charge on any atom is 0.0431 e. The van der Waals surface area contributed by atoms with E-state index in [1.807, 2.05) is 0 Å². The third-order valence-electron chi connectivity index (χ3n) is 2.25. The molecule has 0 aromatic heterocycles. The number of hydrogen-bond acceptors (Lipinski definition) is 2. The average molecular weight is 204 g/mol. The minimum Gasteiger partial charge on any atom is -0.384 e. The van der Waals surface area contributed by atoms with Crippen LogP contribution in [0.3, 0.4) is 0 Å². The molecule has 0 aliphatic carbocycles. The monoisotopic (exact) mass is 204 g/mol. The molecule has 0 saturated carbocycles. The predicted molar refractivity (Wildman–Crippen MR) is 63.2 cm³/mol. The molecule has 0 aliphatic rings. The van der Waals surface area contributed by atoms with E-state index in [-0.39, 0.29) is 0 Å². The molecule has 1 N–H and O–H groups in total. The molecule has 0 spiro atoms. The summed E-state index contributed by atoms with van der Waals surface area (Å²) in [6.07, 6.45) is 0. The SMILES string of the molecule is Cc1cc(C)c(NCCN=[N+]=[N-])c(C)c1. The van der Waals surface area contributed by atoms with E-state index in [2.05, 4.69) is 48.2 Å². The molecule has 0 amide bonds. The highest BCUT2D eigenvalue weighted by Gasteiger charge is 2.01. The zero-order valence-corrected chi connectivity index (χ0v) is 9.41. The van der Waals surface area contributed by atoms with E-state index >= 15 is 0 Å². The van der Waals surface area contributed by atoms with Crippen molar-refractivity contribution < 1.29 is 0 Å². The Labute approximate surface area is 89.9 Å². The molecule has 0 fully saturated rings. The van der Waals surface area contributed by atoms with Crippen LogP contribution in [0, 0.1) is 20.8 Å². The van der Waals surface area contributed by atoms with Gasteiger partial charge in [0.2, 0.25) is 0 Å². The molecule has 4 nitrogen and oxygen atoms in total. The van der Waals surface area contributed by atoms with E-state index in [1.165, 1.54) is 16.7 Å². The quantitative estimate of drug-likeness (QED) is 0.347. The average Bonchev–Trinajstić information content (AvgIpc) is 2.15. The van der Waals surface area contributed by atoms with Gasteiger partial charge in [-0.3, -0.25) is 0 Å². The van der Waals surface area contributed by atoms with Gasteiger partial charge in [0, 0.05) is 23.7 Å². The Morgan fingerprint density at radius 3 is 2.40 bits per heavy atom. The molecule has 4 heteroatoms. The van der Waals surface area contributed by atoms with E-state index in [4.69, 9.17) is 5.53 Å². The van der Waals surface area contributed by atoms with Crippen LogP contribution in [0.15, 0.2) is 17.2 Å². The van der Waals surface area contributed by atoms with Crippen molar-refractivity contribution >= 4 is 5.69 Å². The summed E-state index contributed by atoms with van der Waals surface area (Å²) in [7, 11) is 0. The smallest absolute Gasteiger partial charge is 0.0431 e. The van der Waals surface area contributed by atoms with E-state index in [0.29, 0.717) is 13.1 Å². The number of nitrogens with zero attached hydrogens (tertiary/aromatic N) is 3. The van der Waals surface area contributed by atoms with Crippen molar-refractivity contribution in [2.24, 2.45) is 5.11 Å². The second kappa shape index (κ2) is 5.27. The second-order valence-corrected chi connectivity index (χ2v) is 3.65. The molecule has 1 aromatic carbocycles. The van der Waals surface area contributed by atoms with Gasteiger partial charge in [-0.05, 0) is 37.4 Å². The zero-order valence-electron chi connectivity index (χ0n) is 9.41. The Hall–Kier alpha value is -1.67. The molecule has 0 saturated heterocycles. The highest BCUT2D eigenvalue weighted by atomic mass is 15.1. The first-order chi connectivity index (χ1) is 7.15. The molecule has 0 aliphatic heterocycles. The van der Waals surface area contributed by atoms with Crippen molar-refractivity contribution in [3.8, 4) is 0 Å². The van der Waals surface area contributed by atoms with Crippen LogP contribution in [0.1, 0.15) is 16.7 Å². The number of nitrogens with one attached hydrogen (secondary N) is 1. The Kier molecular flexibility index (Phi) is 4.01. The van der Waals surface area contributed by atoms with Crippen LogP contribution >= 0.6 is 0 Å². The van der Waals surface area contributed by atoms with Crippen LogP contribution in [0.2, 0.25) is 0 Å². The summed E-state index contributed by atoms with van der Waals surface area (Å²) in [5, 5.41) is 6.76. The van der Waals surface area contributed by atoms with Gasteiger partial charge in [-0.15, -0.1) is 0 Å². The summed E-state index contributed by atoms with van der Waals surface area (Å²) in [6, 6.07) is 4.28. The van der Waals surface area contributed by atoms with E-state index in [9.17, 15) is 0 Å². The summed E-state index contributed by atoms with van der Waals surface area (Å²) in [5.41, 5.74) is 13.0. The molecule has 15 heavy (non-hydrogen) atoms. The summed E-state index contributed by atoms with van der Waals surface area (Å²) in [6.45, 7) is 7.40. The lowest BCUT2D eigenvalue weighted by molar-refractivity contribution is 1.00. The van der Waals surface area contributed by atoms with Gasteiger partial charge < -0.3 is 5.32 Å². The normalized spacial score (nSPS) is 9.53. The predicted octanol–water partition coefficient (Wildman–Crippen LogP) is 3.33. The maximum absolute atomic E-state index is 8.14. The molecular weight excluding hydrogens is 188 g/mol. The number of anilines is 1. The van der Waals surface area contributed by atoms with Crippen molar-refractivity contribution in [1.29, 1.82) is 0 Å². The molecule has 80 valence electrons. The Morgan fingerprint density at radius 1 is 1.27 bits per heavy atom. The fourth-order valence-corrected chi connectivity index (χ4v) is 1.73. The van der Waals surface area contributed by atoms with Gasteiger partial charge in [0.15, 0.2) is 0 Å². The van der Waals surface area contributed by atoms with Crippen molar-refractivity contribution in [2.45, 2.75) is 20.8 Å². The minimum atomic E-state index is 0.475. The second-order valence-electron chi connectivity index (χ2n) is 3.65. The molecular formula is C11H16N4. The number of benzene rings is 1. The van der Waals surface area contributed by atoms with Crippen molar-refractivity contribution in [3.63, 3.8) is 0 Å². The van der Waals surface area contributed by atoms with Crippen LogP contribution in [0.4, 0.5) is 5.69 Å². The lowest BCUT2D eigenvalue weighted by Crippen LogP contribution is -2.07. The first-order valence-corrected chi connectivity index (χ1v) is 4.97. The molecule has 1 aromatic rings. The topological polar surface area (TPSA) is 60.8 Å².